The molecule has 3 nitrogen and oxygen atoms in total. The molecule has 1 aliphatic rings. The van der Waals surface area contributed by atoms with E-state index < -0.39 is 11.7 Å². The molecule has 3 aromatic rings. The fourth-order valence-corrected chi connectivity index (χ4v) is 4.32. The van der Waals surface area contributed by atoms with Crippen molar-refractivity contribution >= 4 is 5.97 Å². The van der Waals surface area contributed by atoms with E-state index in [4.69, 9.17) is 9.47 Å². The Kier molecular flexibility index (Phi) is 7.03. The van der Waals surface area contributed by atoms with Gasteiger partial charge in [0.25, 0.3) is 0 Å². The van der Waals surface area contributed by atoms with Gasteiger partial charge >= 0.3 is 12.1 Å². The lowest BCUT2D eigenvalue weighted by atomic mass is 9.96. The molecule has 1 aliphatic carbocycles. The van der Waals surface area contributed by atoms with Crippen LogP contribution >= 0.6 is 0 Å². The van der Waals surface area contributed by atoms with Crippen molar-refractivity contribution in [3.05, 3.63) is 89.0 Å². The van der Waals surface area contributed by atoms with Gasteiger partial charge in [0.1, 0.15) is 6.10 Å². The molecule has 0 radical (unpaired) electrons. The van der Waals surface area contributed by atoms with Gasteiger partial charge in [0.2, 0.25) is 0 Å². The average Bonchev–Trinajstić information content (AvgIpc) is 3.26. The zero-order valence-corrected chi connectivity index (χ0v) is 19.3. The maximum absolute atomic E-state index is 12.9. The van der Waals surface area contributed by atoms with Crippen molar-refractivity contribution in [3.8, 4) is 28.7 Å². The Labute approximate surface area is 202 Å². The molecule has 0 N–H and O–H groups in total. The van der Waals surface area contributed by atoms with E-state index in [0.717, 1.165) is 52.8 Å². The first kappa shape index (κ1) is 24.2. The van der Waals surface area contributed by atoms with E-state index in [2.05, 4.69) is 24.0 Å². The van der Waals surface area contributed by atoms with Gasteiger partial charge in [-0.3, -0.25) is 4.79 Å². The number of esters is 1. The van der Waals surface area contributed by atoms with Crippen LogP contribution in [0.3, 0.4) is 0 Å². The fraction of sp³-hybridized carbons (Fsp3) is 0.276. The van der Waals surface area contributed by atoms with E-state index in [1.54, 1.807) is 13.0 Å². The maximum atomic E-state index is 12.9. The number of alkyl halides is 3. The van der Waals surface area contributed by atoms with E-state index >= 15 is 0 Å². The summed E-state index contributed by atoms with van der Waals surface area (Å²) >= 11 is 0. The second-order valence-electron chi connectivity index (χ2n) is 8.22. The molecule has 0 amide bonds. The molecular formula is C29H23F3O3. The Bertz CT molecular complexity index is 1250. The molecule has 0 heterocycles. The molecular weight excluding hydrogens is 453 g/mol. The third-order valence-electron chi connectivity index (χ3n) is 6.04. The molecule has 0 aromatic heterocycles. The number of hydrogen-bond donors (Lipinski definition) is 0. The van der Waals surface area contributed by atoms with E-state index in [0.29, 0.717) is 5.75 Å². The van der Waals surface area contributed by atoms with Crippen LogP contribution in [-0.4, -0.2) is 13.1 Å². The summed E-state index contributed by atoms with van der Waals surface area (Å²) in [6, 6.07) is 20.7. The summed E-state index contributed by atoms with van der Waals surface area (Å²) in [6.07, 6.45) is -2.93. The van der Waals surface area contributed by atoms with Gasteiger partial charge in [0, 0.05) is 5.56 Å². The Hall–Kier alpha value is -3.90. The molecule has 0 fully saturated rings. The molecule has 35 heavy (non-hydrogen) atoms. The van der Waals surface area contributed by atoms with Crippen LogP contribution in [0.5, 0.6) is 5.75 Å². The second kappa shape index (κ2) is 10.2. The molecule has 178 valence electrons. The number of methoxy groups -OCH3 is 1. The first-order valence-corrected chi connectivity index (χ1v) is 11.2. The SMILES string of the molecule is CC#C[C@@H](CC(=O)OC)c1c#cc(OC2CCc3c(-c4ccc(C(F)(F)F)cc4)cccc32)cc1. The maximum Gasteiger partial charge on any atom is 0.416 e. The predicted molar refractivity (Wildman–Crippen MR) is 126 cm³/mol. The topological polar surface area (TPSA) is 35.5 Å². The van der Waals surface area contributed by atoms with Crippen LogP contribution in [0.15, 0.2) is 54.6 Å². The van der Waals surface area contributed by atoms with Crippen molar-refractivity contribution in [2.45, 2.75) is 44.4 Å². The molecule has 3 aromatic carbocycles. The largest absolute Gasteiger partial charge is 0.478 e. The van der Waals surface area contributed by atoms with Crippen LogP contribution in [0.1, 0.15) is 54.0 Å². The quantitative estimate of drug-likeness (QED) is 0.293. The average molecular weight is 476 g/mol. The summed E-state index contributed by atoms with van der Waals surface area (Å²) in [7, 11) is 1.34. The highest BCUT2D eigenvalue weighted by atomic mass is 19.4. The van der Waals surface area contributed by atoms with Gasteiger partial charge in [-0.05, 0) is 72.4 Å². The van der Waals surface area contributed by atoms with Gasteiger partial charge in [0.05, 0.1) is 25.0 Å². The number of ether oxygens (including phenoxy) is 2. The summed E-state index contributed by atoms with van der Waals surface area (Å²) < 4.78 is 49.7. The van der Waals surface area contributed by atoms with Crippen molar-refractivity contribution in [2.75, 3.05) is 7.11 Å². The zero-order chi connectivity index (χ0) is 25.0. The Morgan fingerprint density at radius 3 is 2.51 bits per heavy atom. The summed E-state index contributed by atoms with van der Waals surface area (Å²) in [4.78, 5) is 11.7. The molecule has 6 heteroatoms. The minimum Gasteiger partial charge on any atom is -0.478 e. The Morgan fingerprint density at radius 2 is 1.89 bits per heavy atom. The number of carbonyl (C=O) groups excluding carboxylic acids is 1. The van der Waals surface area contributed by atoms with Crippen LogP contribution in [-0.2, 0) is 22.1 Å². The second-order valence-corrected chi connectivity index (χ2v) is 8.22. The highest BCUT2D eigenvalue weighted by Crippen LogP contribution is 2.40. The smallest absolute Gasteiger partial charge is 0.416 e. The van der Waals surface area contributed by atoms with Crippen LogP contribution in [0.2, 0.25) is 0 Å². The first-order chi connectivity index (χ1) is 16.8. The summed E-state index contributed by atoms with van der Waals surface area (Å²) in [5.74, 6) is 5.66. The van der Waals surface area contributed by atoms with Gasteiger partial charge in [0.15, 0.2) is 5.75 Å². The predicted octanol–water partition coefficient (Wildman–Crippen LogP) is 6.71. The fourth-order valence-electron chi connectivity index (χ4n) is 4.32. The van der Waals surface area contributed by atoms with Gasteiger partial charge in [-0.15, -0.1) is 5.92 Å². The van der Waals surface area contributed by atoms with Gasteiger partial charge in [-0.2, -0.15) is 13.2 Å². The van der Waals surface area contributed by atoms with Crippen molar-refractivity contribution in [1.82, 2.24) is 0 Å². The molecule has 0 saturated carbocycles. The highest BCUT2D eigenvalue weighted by Gasteiger charge is 2.31. The Balaban J connectivity index is 1.52. The molecule has 1 unspecified atom stereocenters. The van der Waals surface area contributed by atoms with Gasteiger partial charge in [-0.1, -0.05) is 42.3 Å². The first-order valence-electron chi connectivity index (χ1n) is 11.2. The van der Waals surface area contributed by atoms with Crippen molar-refractivity contribution < 1.29 is 27.4 Å². The lowest BCUT2D eigenvalue weighted by Crippen LogP contribution is -2.07. The van der Waals surface area contributed by atoms with Crippen LogP contribution < -0.4 is 4.74 Å². The number of benzene rings is 2. The minimum absolute atomic E-state index is 0.130. The summed E-state index contributed by atoms with van der Waals surface area (Å²) in [5.41, 5.74) is 3.82. The molecule has 0 bridgehead atoms. The van der Waals surface area contributed by atoms with Crippen molar-refractivity contribution in [3.63, 3.8) is 0 Å². The zero-order valence-electron chi connectivity index (χ0n) is 19.3. The van der Waals surface area contributed by atoms with E-state index in [1.165, 1.54) is 19.2 Å². The van der Waals surface area contributed by atoms with Gasteiger partial charge in [-0.25, -0.2) is 0 Å². The van der Waals surface area contributed by atoms with E-state index in [9.17, 15) is 18.0 Å². The normalized spacial score (nSPS) is 15.3. The number of hydrogen-bond acceptors (Lipinski definition) is 3. The number of fused-ring (bicyclic) bond motifs is 1. The monoisotopic (exact) mass is 476 g/mol. The van der Waals surface area contributed by atoms with Crippen LogP contribution in [0.25, 0.3) is 11.1 Å². The van der Waals surface area contributed by atoms with E-state index in [-0.39, 0.29) is 24.4 Å². The highest BCUT2D eigenvalue weighted by molar-refractivity contribution is 5.71. The summed E-state index contributed by atoms with van der Waals surface area (Å²) in [6.45, 7) is 1.71. The summed E-state index contributed by atoms with van der Waals surface area (Å²) in [5, 5.41) is 0. The van der Waals surface area contributed by atoms with Crippen molar-refractivity contribution in [2.24, 2.45) is 0 Å². The van der Waals surface area contributed by atoms with Gasteiger partial charge < -0.3 is 9.47 Å². The minimum atomic E-state index is -4.36. The standard InChI is InChI=1S/C29H23F3O3/c1-3-5-21(18-28(33)34-2)19-10-14-23(15-11-19)35-27-17-16-25-24(6-4-7-26(25)27)20-8-12-22(13-9-20)29(30,31)32/h4,6-10,12-14,21,27H,16-18H2,1-2H3/t21-,27?/m0/s1. The Morgan fingerprint density at radius 1 is 1.11 bits per heavy atom. The van der Waals surface area contributed by atoms with Crippen LogP contribution in [0.4, 0.5) is 13.2 Å². The number of carbonyl (C=O) groups is 1. The van der Waals surface area contributed by atoms with E-state index in [1.807, 2.05) is 24.3 Å². The van der Waals surface area contributed by atoms with Crippen LogP contribution in [0, 0.1) is 24.0 Å². The number of rotatable bonds is 6. The third-order valence-corrected chi connectivity index (χ3v) is 6.04. The molecule has 0 aliphatic heterocycles. The molecule has 4 rings (SSSR count). The van der Waals surface area contributed by atoms with Crippen molar-refractivity contribution in [1.29, 1.82) is 0 Å². The molecule has 2 atom stereocenters. The molecule has 0 spiro atoms. The third kappa shape index (κ3) is 5.44. The lowest BCUT2D eigenvalue weighted by Gasteiger charge is -2.15. The molecule has 0 saturated heterocycles. The number of halogens is 3. The lowest BCUT2D eigenvalue weighted by molar-refractivity contribution is -0.141.